The van der Waals surface area contributed by atoms with Gasteiger partial charge in [0.15, 0.2) is 0 Å². The Morgan fingerprint density at radius 2 is 2.12 bits per heavy atom. The fourth-order valence-electron chi connectivity index (χ4n) is 1.76. The quantitative estimate of drug-likeness (QED) is 0.725. The van der Waals surface area contributed by atoms with Gasteiger partial charge >= 0.3 is 6.18 Å². The molecule has 0 bridgehead atoms. The van der Waals surface area contributed by atoms with E-state index < -0.39 is 12.8 Å². The van der Waals surface area contributed by atoms with E-state index in [1.807, 2.05) is 0 Å². The Morgan fingerprint density at radius 3 is 2.62 bits per heavy atom. The van der Waals surface area contributed by atoms with Gasteiger partial charge in [0.05, 0.1) is 18.8 Å². The van der Waals surface area contributed by atoms with Crippen LogP contribution in [0.25, 0.3) is 0 Å². The Labute approximate surface area is 90.7 Å². The normalized spacial score (nSPS) is 23.2. The van der Waals surface area contributed by atoms with Crippen LogP contribution >= 0.6 is 0 Å². The van der Waals surface area contributed by atoms with E-state index in [9.17, 15) is 18.0 Å². The molecule has 16 heavy (non-hydrogen) atoms. The Morgan fingerprint density at radius 1 is 1.44 bits per heavy atom. The highest BCUT2D eigenvalue weighted by atomic mass is 19.4. The van der Waals surface area contributed by atoms with Crippen LogP contribution in [0.2, 0.25) is 0 Å². The lowest BCUT2D eigenvalue weighted by molar-refractivity contribution is -0.174. The minimum atomic E-state index is -4.30. The maximum atomic E-state index is 11.7. The standard InChI is InChI=1S/C9H13F3N2O2/c10-9(11,12)5-16-4-3-14-6-13-8(1-2-8)7(14)15/h13H,1-6H2. The molecule has 2 rings (SSSR count). The monoisotopic (exact) mass is 238 g/mol. The summed E-state index contributed by atoms with van der Waals surface area (Å²) in [4.78, 5) is 13.2. The zero-order valence-corrected chi connectivity index (χ0v) is 8.64. The van der Waals surface area contributed by atoms with Crippen LogP contribution in [0.1, 0.15) is 12.8 Å². The lowest BCUT2D eigenvalue weighted by Crippen LogP contribution is -2.34. The molecular weight excluding hydrogens is 225 g/mol. The second-order valence-corrected chi connectivity index (χ2v) is 4.15. The minimum absolute atomic E-state index is 0.0110. The van der Waals surface area contributed by atoms with Gasteiger partial charge in [-0.05, 0) is 12.8 Å². The number of nitrogens with one attached hydrogen (secondary N) is 1. The van der Waals surface area contributed by atoms with Crippen molar-refractivity contribution in [2.45, 2.75) is 24.6 Å². The molecule has 1 aliphatic carbocycles. The van der Waals surface area contributed by atoms with Crippen LogP contribution in [0.5, 0.6) is 0 Å². The third-order valence-corrected chi connectivity index (χ3v) is 2.83. The number of hydrogen-bond acceptors (Lipinski definition) is 3. The number of rotatable bonds is 4. The molecule has 1 heterocycles. The lowest BCUT2D eigenvalue weighted by atomic mass is 10.3. The summed E-state index contributed by atoms with van der Waals surface area (Å²) in [6.45, 7) is -0.714. The maximum Gasteiger partial charge on any atom is 0.411 e. The Kier molecular flexibility index (Phi) is 2.83. The molecule has 4 nitrogen and oxygen atoms in total. The molecule has 1 saturated heterocycles. The van der Waals surface area contributed by atoms with Gasteiger partial charge in [-0.2, -0.15) is 13.2 Å². The van der Waals surface area contributed by atoms with Crippen LogP contribution in [0.3, 0.4) is 0 Å². The topological polar surface area (TPSA) is 41.6 Å². The molecule has 1 aliphatic heterocycles. The highest BCUT2D eigenvalue weighted by molar-refractivity contribution is 5.91. The first-order chi connectivity index (χ1) is 7.43. The average Bonchev–Trinajstić information content (AvgIpc) is 2.88. The molecule has 1 saturated carbocycles. The number of carbonyl (C=O) groups is 1. The highest BCUT2D eigenvalue weighted by Gasteiger charge is 2.55. The minimum Gasteiger partial charge on any atom is -0.370 e. The third-order valence-electron chi connectivity index (χ3n) is 2.83. The van der Waals surface area contributed by atoms with E-state index in [4.69, 9.17) is 0 Å². The number of hydrogen-bond donors (Lipinski definition) is 1. The Hall–Kier alpha value is -0.820. The van der Waals surface area contributed by atoms with Crippen molar-refractivity contribution in [2.75, 3.05) is 26.4 Å². The second kappa shape index (κ2) is 3.89. The predicted molar refractivity (Wildman–Crippen MR) is 48.6 cm³/mol. The Balaban J connectivity index is 1.66. The summed E-state index contributed by atoms with van der Waals surface area (Å²) in [6, 6.07) is 0. The molecule has 1 spiro atoms. The van der Waals surface area contributed by atoms with Crippen molar-refractivity contribution in [3.63, 3.8) is 0 Å². The summed E-state index contributed by atoms with van der Waals surface area (Å²) in [5.74, 6) is -0.0110. The molecule has 1 amide bonds. The molecule has 0 atom stereocenters. The maximum absolute atomic E-state index is 11.7. The predicted octanol–water partition coefficient (Wildman–Crippen LogP) is 0.487. The van der Waals surface area contributed by atoms with E-state index in [0.29, 0.717) is 6.67 Å². The van der Waals surface area contributed by atoms with Crippen molar-refractivity contribution in [1.29, 1.82) is 0 Å². The van der Waals surface area contributed by atoms with Crippen molar-refractivity contribution in [1.82, 2.24) is 10.2 Å². The van der Waals surface area contributed by atoms with Gasteiger partial charge in [0, 0.05) is 6.54 Å². The summed E-state index contributed by atoms with van der Waals surface area (Å²) in [5, 5.41) is 3.06. The van der Waals surface area contributed by atoms with Crippen molar-refractivity contribution >= 4 is 5.91 Å². The molecule has 0 aromatic heterocycles. The molecule has 1 N–H and O–H groups in total. The number of carbonyl (C=O) groups excluding carboxylic acids is 1. The number of ether oxygens (including phenoxy) is 1. The largest absolute Gasteiger partial charge is 0.411 e. The van der Waals surface area contributed by atoms with Crippen molar-refractivity contribution < 1.29 is 22.7 Å². The highest BCUT2D eigenvalue weighted by Crippen LogP contribution is 2.39. The first-order valence-corrected chi connectivity index (χ1v) is 5.12. The average molecular weight is 238 g/mol. The van der Waals surface area contributed by atoms with Crippen LogP contribution in [-0.2, 0) is 9.53 Å². The first-order valence-electron chi connectivity index (χ1n) is 5.12. The van der Waals surface area contributed by atoms with E-state index in [0.717, 1.165) is 12.8 Å². The molecule has 2 fully saturated rings. The summed E-state index contributed by atoms with van der Waals surface area (Å²) in [5.41, 5.74) is -0.385. The number of halogens is 3. The fraction of sp³-hybridized carbons (Fsp3) is 0.889. The second-order valence-electron chi connectivity index (χ2n) is 4.15. The molecule has 7 heteroatoms. The van der Waals surface area contributed by atoms with Gasteiger partial charge in [-0.25, -0.2) is 0 Å². The zero-order chi connectivity index (χ0) is 11.8. The van der Waals surface area contributed by atoms with Crippen LogP contribution in [0, 0.1) is 0 Å². The number of nitrogens with zero attached hydrogens (tertiary/aromatic N) is 1. The van der Waals surface area contributed by atoms with Crippen LogP contribution in [0.4, 0.5) is 13.2 Å². The molecule has 0 aromatic carbocycles. The summed E-state index contributed by atoms with van der Waals surface area (Å²) in [6.07, 6.45) is -2.65. The zero-order valence-electron chi connectivity index (χ0n) is 8.64. The van der Waals surface area contributed by atoms with Gasteiger partial charge in [-0.1, -0.05) is 0 Å². The summed E-state index contributed by atoms with van der Waals surface area (Å²) >= 11 is 0. The SMILES string of the molecule is O=C1N(CCOCC(F)(F)F)CNC12CC2. The number of alkyl halides is 3. The van der Waals surface area contributed by atoms with Gasteiger partial charge in [0.2, 0.25) is 5.91 Å². The van der Waals surface area contributed by atoms with Crippen molar-refractivity contribution in [2.24, 2.45) is 0 Å². The van der Waals surface area contributed by atoms with Gasteiger partial charge in [0.1, 0.15) is 6.61 Å². The van der Waals surface area contributed by atoms with E-state index in [1.165, 1.54) is 4.90 Å². The van der Waals surface area contributed by atoms with Crippen LogP contribution in [0.15, 0.2) is 0 Å². The molecule has 0 unspecified atom stereocenters. The van der Waals surface area contributed by atoms with Crippen molar-refractivity contribution in [3.8, 4) is 0 Å². The lowest BCUT2D eigenvalue weighted by Gasteiger charge is -2.15. The van der Waals surface area contributed by atoms with E-state index in [2.05, 4.69) is 10.1 Å². The fourth-order valence-corrected chi connectivity index (χ4v) is 1.76. The van der Waals surface area contributed by atoms with Gasteiger partial charge in [-0.3, -0.25) is 10.1 Å². The van der Waals surface area contributed by atoms with Crippen LogP contribution < -0.4 is 5.32 Å². The summed E-state index contributed by atoms with van der Waals surface area (Å²) in [7, 11) is 0. The van der Waals surface area contributed by atoms with E-state index in [-0.39, 0.29) is 24.6 Å². The molecule has 0 aromatic rings. The third kappa shape index (κ3) is 2.46. The molecule has 2 aliphatic rings. The van der Waals surface area contributed by atoms with E-state index in [1.54, 1.807) is 0 Å². The molecule has 92 valence electrons. The van der Waals surface area contributed by atoms with E-state index >= 15 is 0 Å². The Bertz CT molecular complexity index is 289. The van der Waals surface area contributed by atoms with Gasteiger partial charge in [-0.15, -0.1) is 0 Å². The first kappa shape index (κ1) is 11.7. The smallest absolute Gasteiger partial charge is 0.370 e. The number of amides is 1. The van der Waals surface area contributed by atoms with Gasteiger partial charge in [0.25, 0.3) is 0 Å². The van der Waals surface area contributed by atoms with Crippen LogP contribution in [-0.4, -0.2) is 48.9 Å². The molecule has 0 radical (unpaired) electrons. The van der Waals surface area contributed by atoms with Gasteiger partial charge < -0.3 is 9.64 Å². The summed E-state index contributed by atoms with van der Waals surface area (Å²) < 4.78 is 39.7. The molecular formula is C9H13F3N2O2. The van der Waals surface area contributed by atoms with Crippen molar-refractivity contribution in [3.05, 3.63) is 0 Å².